The Bertz CT molecular complexity index is 1460. The van der Waals surface area contributed by atoms with Crippen LogP contribution in [0, 0.1) is 6.92 Å². The van der Waals surface area contributed by atoms with Gasteiger partial charge in [0.1, 0.15) is 5.52 Å². The van der Waals surface area contributed by atoms with Crippen LogP contribution in [-0.4, -0.2) is 56.6 Å². The van der Waals surface area contributed by atoms with E-state index in [0.717, 1.165) is 31.0 Å². The molecule has 1 aliphatic heterocycles. The van der Waals surface area contributed by atoms with Crippen LogP contribution in [0.15, 0.2) is 55.8 Å². The highest BCUT2D eigenvalue weighted by Crippen LogP contribution is 2.28. The smallest absolute Gasteiger partial charge is 0.257 e. The minimum atomic E-state index is -3.63. The fourth-order valence-electron chi connectivity index (χ4n) is 3.83. The zero-order valence-electron chi connectivity index (χ0n) is 19.5. The zero-order valence-corrected chi connectivity index (χ0v) is 21.9. The summed E-state index contributed by atoms with van der Waals surface area (Å²) < 4.78 is 57.5. The van der Waals surface area contributed by atoms with E-state index in [4.69, 9.17) is 4.42 Å². The number of fused-ring (bicyclic) bond motifs is 1. The summed E-state index contributed by atoms with van der Waals surface area (Å²) in [5.74, 6) is -0.385. The van der Waals surface area contributed by atoms with Crippen molar-refractivity contribution in [1.82, 2.24) is 9.29 Å². The molecule has 0 saturated carbocycles. The summed E-state index contributed by atoms with van der Waals surface area (Å²) in [6.07, 6.45) is 2.72. The number of carbonyl (C=O) groups excluding carboxylic acids is 1. The second-order valence-corrected chi connectivity index (χ2v) is 13.4. The molecule has 0 atom stereocenters. The summed E-state index contributed by atoms with van der Waals surface area (Å²) in [4.78, 5) is 17.2. The molecule has 1 N–H and O–H groups in total. The molecule has 1 aromatic heterocycles. The molecule has 4 rings (SSSR count). The van der Waals surface area contributed by atoms with E-state index in [2.05, 4.69) is 10.3 Å². The third kappa shape index (κ3) is 5.71. The van der Waals surface area contributed by atoms with Gasteiger partial charge in [0.25, 0.3) is 5.22 Å². The number of rotatable bonds is 8. The number of sulfone groups is 1. The van der Waals surface area contributed by atoms with E-state index in [1.807, 2.05) is 0 Å². The Morgan fingerprint density at radius 2 is 1.83 bits per heavy atom. The number of hydrogen-bond acceptors (Lipinski definition) is 8. The lowest BCUT2D eigenvalue weighted by atomic mass is 10.2. The first-order valence-electron chi connectivity index (χ1n) is 11.3. The molecule has 9 nitrogen and oxygen atoms in total. The van der Waals surface area contributed by atoms with Gasteiger partial charge in [-0.15, -0.1) is 0 Å². The van der Waals surface area contributed by atoms with Crippen molar-refractivity contribution in [2.45, 2.75) is 48.1 Å². The molecular weight excluding hydrogens is 510 g/mol. The SMILES string of the molecule is CCS(=O)(=O)c1ccc2oc(SCC(=O)Nc3ccc(C)c(S(=O)(=O)N4CCCCC4)c3)nc2c1. The number of nitrogens with one attached hydrogen (secondary N) is 1. The number of hydrogen-bond donors (Lipinski definition) is 1. The van der Waals surface area contributed by atoms with Crippen LogP contribution >= 0.6 is 11.8 Å². The third-order valence-corrected chi connectivity index (χ3v) is 10.4. The Labute approximate surface area is 209 Å². The van der Waals surface area contributed by atoms with E-state index in [1.54, 1.807) is 32.0 Å². The molecule has 35 heavy (non-hydrogen) atoms. The van der Waals surface area contributed by atoms with Crippen molar-refractivity contribution in [2.75, 3.05) is 29.9 Å². The monoisotopic (exact) mass is 537 g/mol. The number of anilines is 1. The van der Waals surface area contributed by atoms with Crippen molar-refractivity contribution in [2.24, 2.45) is 0 Å². The van der Waals surface area contributed by atoms with Crippen LogP contribution in [-0.2, 0) is 24.7 Å². The first-order chi connectivity index (χ1) is 16.6. The normalized spacial score (nSPS) is 15.4. The summed E-state index contributed by atoms with van der Waals surface area (Å²) in [5.41, 5.74) is 1.84. The van der Waals surface area contributed by atoms with Crippen LogP contribution in [0.2, 0.25) is 0 Å². The van der Waals surface area contributed by atoms with E-state index >= 15 is 0 Å². The molecular formula is C23H27N3O6S3. The Balaban J connectivity index is 1.43. The fourth-order valence-corrected chi connectivity index (χ4v) is 7.14. The molecule has 1 fully saturated rings. The molecule has 3 aromatic rings. The highest BCUT2D eigenvalue weighted by Gasteiger charge is 2.27. The van der Waals surface area contributed by atoms with E-state index in [0.29, 0.717) is 35.4 Å². The molecule has 0 bridgehead atoms. The predicted octanol–water partition coefficient (Wildman–Crippen LogP) is 3.84. The molecule has 188 valence electrons. The van der Waals surface area contributed by atoms with Crippen molar-refractivity contribution in [3.8, 4) is 0 Å². The fraction of sp³-hybridized carbons (Fsp3) is 0.391. The summed E-state index contributed by atoms with van der Waals surface area (Å²) >= 11 is 1.06. The van der Waals surface area contributed by atoms with E-state index in [-0.39, 0.29) is 32.4 Å². The van der Waals surface area contributed by atoms with E-state index in [9.17, 15) is 21.6 Å². The first kappa shape index (κ1) is 25.7. The summed E-state index contributed by atoms with van der Waals surface area (Å²) in [6, 6.07) is 9.33. The molecule has 2 aromatic carbocycles. The van der Waals surface area contributed by atoms with Crippen molar-refractivity contribution in [3.05, 3.63) is 42.0 Å². The maximum absolute atomic E-state index is 13.1. The summed E-state index contributed by atoms with van der Waals surface area (Å²) in [5, 5.41) is 2.97. The van der Waals surface area contributed by atoms with E-state index < -0.39 is 19.9 Å². The summed E-state index contributed by atoms with van der Waals surface area (Å²) in [6.45, 7) is 4.32. The van der Waals surface area contributed by atoms with Crippen LogP contribution in [0.5, 0.6) is 0 Å². The second-order valence-electron chi connectivity index (χ2n) is 8.29. The van der Waals surface area contributed by atoms with Crippen LogP contribution in [0.3, 0.4) is 0 Å². The Kier molecular flexibility index (Phi) is 7.55. The summed E-state index contributed by atoms with van der Waals surface area (Å²) in [7, 11) is -6.99. The Morgan fingerprint density at radius 1 is 1.09 bits per heavy atom. The molecule has 1 amide bonds. The Morgan fingerprint density at radius 3 is 2.54 bits per heavy atom. The number of sulfonamides is 1. The van der Waals surface area contributed by atoms with Crippen molar-refractivity contribution in [1.29, 1.82) is 0 Å². The van der Waals surface area contributed by atoms with Gasteiger partial charge in [-0.25, -0.2) is 21.8 Å². The highest BCUT2D eigenvalue weighted by molar-refractivity contribution is 7.99. The van der Waals surface area contributed by atoms with Gasteiger partial charge in [0.2, 0.25) is 15.9 Å². The van der Waals surface area contributed by atoms with Gasteiger partial charge in [0.15, 0.2) is 15.4 Å². The molecule has 0 radical (unpaired) electrons. The first-order valence-corrected chi connectivity index (χ1v) is 15.3. The van der Waals surface area contributed by atoms with Crippen LogP contribution in [0.1, 0.15) is 31.7 Å². The number of thioether (sulfide) groups is 1. The topological polar surface area (TPSA) is 127 Å². The number of benzene rings is 2. The van der Waals surface area contributed by atoms with Gasteiger partial charge < -0.3 is 9.73 Å². The number of aromatic nitrogens is 1. The molecule has 1 aliphatic rings. The minimum Gasteiger partial charge on any atom is -0.431 e. The van der Waals surface area contributed by atoms with Gasteiger partial charge in [-0.3, -0.25) is 4.79 Å². The Hall–Kier alpha value is -2.41. The van der Waals surface area contributed by atoms with E-state index in [1.165, 1.54) is 22.5 Å². The predicted molar refractivity (Wildman–Crippen MR) is 135 cm³/mol. The number of oxazole rings is 1. The van der Waals surface area contributed by atoms with Crippen molar-refractivity contribution < 1.29 is 26.0 Å². The maximum atomic E-state index is 13.1. The van der Waals surface area contributed by atoms with Gasteiger partial charge in [0.05, 0.1) is 21.3 Å². The van der Waals surface area contributed by atoms with Crippen LogP contribution in [0.4, 0.5) is 5.69 Å². The van der Waals surface area contributed by atoms with Crippen molar-refractivity contribution >= 4 is 54.3 Å². The van der Waals surface area contributed by atoms with Gasteiger partial charge in [-0.2, -0.15) is 4.31 Å². The lowest BCUT2D eigenvalue weighted by molar-refractivity contribution is -0.113. The standard InChI is InChI=1S/C23H27N3O6S3/c1-3-34(28,29)18-9-10-20-19(14-18)25-23(32-20)33-15-22(27)24-17-8-7-16(2)21(13-17)35(30,31)26-11-5-4-6-12-26/h7-10,13-14H,3-6,11-12,15H2,1-2H3,(H,24,27). The largest absolute Gasteiger partial charge is 0.431 e. The number of nitrogens with zero attached hydrogens (tertiary/aromatic N) is 2. The second kappa shape index (κ2) is 10.3. The molecule has 0 unspecified atom stereocenters. The molecule has 1 saturated heterocycles. The number of carbonyl (C=O) groups is 1. The highest BCUT2D eigenvalue weighted by atomic mass is 32.2. The maximum Gasteiger partial charge on any atom is 0.257 e. The number of amides is 1. The van der Waals surface area contributed by atoms with Crippen molar-refractivity contribution in [3.63, 3.8) is 0 Å². The average Bonchev–Trinajstić information content (AvgIpc) is 3.27. The van der Waals surface area contributed by atoms with Crippen LogP contribution in [0.25, 0.3) is 11.1 Å². The third-order valence-electron chi connectivity index (χ3n) is 5.81. The molecule has 2 heterocycles. The molecule has 12 heteroatoms. The minimum absolute atomic E-state index is 0.0157. The lowest BCUT2D eigenvalue weighted by Gasteiger charge is -2.26. The molecule has 0 aliphatic carbocycles. The number of aryl methyl sites for hydroxylation is 1. The molecule has 0 spiro atoms. The van der Waals surface area contributed by atoms with Gasteiger partial charge in [-0.1, -0.05) is 31.2 Å². The average molecular weight is 538 g/mol. The van der Waals surface area contributed by atoms with Gasteiger partial charge >= 0.3 is 0 Å². The quantitative estimate of drug-likeness (QED) is 0.430. The lowest BCUT2D eigenvalue weighted by Crippen LogP contribution is -2.36. The zero-order chi connectivity index (χ0) is 25.2. The van der Waals surface area contributed by atoms with Gasteiger partial charge in [-0.05, 0) is 55.7 Å². The number of piperidine rings is 1. The van der Waals surface area contributed by atoms with Crippen LogP contribution < -0.4 is 5.32 Å². The van der Waals surface area contributed by atoms with Gasteiger partial charge in [0, 0.05) is 18.8 Å².